The van der Waals surface area contributed by atoms with Crippen LogP contribution in [0.4, 0.5) is 5.82 Å². The third kappa shape index (κ3) is 5.07. The second-order valence-corrected chi connectivity index (χ2v) is 9.99. The minimum Gasteiger partial charge on any atom is -0.452 e. The SMILES string of the molecule is CC[C@@H](C)N(C(=O)COC(=O)c1cccnc1N1CCCC1)[C@H]1CCS(=O)(=O)C1. The van der Waals surface area contributed by atoms with E-state index < -0.39 is 22.4 Å². The summed E-state index contributed by atoms with van der Waals surface area (Å²) < 4.78 is 29.0. The van der Waals surface area contributed by atoms with Crippen molar-refractivity contribution in [1.29, 1.82) is 0 Å². The van der Waals surface area contributed by atoms with Crippen molar-refractivity contribution in [2.45, 2.75) is 51.6 Å². The van der Waals surface area contributed by atoms with Gasteiger partial charge in [-0.2, -0.15) is 0 Å². The molecule has 2 fully saturated rings. The van der Waals surface area contributed by atoms with Crippen molar-refractivity contribution in [2.75, 3.05) is 36.1 Å². The number of rotatable bonds is 7. The smallest absolute Gasteiger partial charge is 0.342 e. The van der Waals surface area contributed by atoms with Gasteiger partial charge in [0.05, 0.1) is 11.5 Å². The lowest BCUT2D eigenvalue weighted by atomic mass is 10.1. The van der Waals surface area contributed by atoms with Crippen molar-refractivity contribution in [3.8, 4) is 0 Å². The molecule has 0 radical (unpaired) electrons. The number of carbonyl (C=O) groups excluding carboxylic acids is 2. The van der Waals surface area contributed by atoms with Crippen molar-refractivity contribution in [2.24, 2.45) is 0 Å². The highest BCUT2D eigenvalue weighted by Gasteiger charge is 2.37. The predicted octanol–water partition coefficient (Wildman–Crippen LogP) is 1.65. The molecule has 1 aromatic heterocycles. The van der Waals surface area contributed by atoms with Crippen molar-refractivity contribution < 1.29 is 22.7 Å². The maximum atomic E-state index is 12.8. The fourth-order valence-corrected chi connectivity index (χ4v) is 5.73. The van der Waals surface area contributed by atoms with Gasteiger partial charge in [0.15, 0.2) is 16.4 Å². The van der Waals surface area contributed by atoms with E-state index in [0.717, 1.165) is 25.9 Å². The summed E-state index contributed by atoms with van der Waals surface area (Å²) in [5, 5.41) is 0. The summed E-state index contributed by atoms with van der Waals surface area (Å²) in [7, 11) is -3.12. The molecule has 3 heterocycles. The van der Waals surface area contributed by atoms with Gasteiger partial charge < -0.3 is 14.5 Å². The van der Waals surface area contributed by atoms with Crippen LogP contribution in [0.15, 0.2) is 18.3 Å². The molecule has 160 valence electrons. The molecule has 2 atom stereocenters. The Morgan fingerprint density at radius 3 is 2.69 bits per heavy atom. The third-order valence-electron chi connectivity index (χ3n) is 5.69. The van der Waals surface area contributed by atoms with Crippen LogP contribution in [0.5, 0.6) is 0 Å². The average molecular weight is 424 g/mol. The number of carbonyl (C=O) groups is 2. The molecule has 0 unspecified atom stereocenters. The van der Waals surface area contributed by atoms with Gasteiger partial charge >= 0.3 is 5.97 Å². The second-order valence-electron chi connectivity index (χ2n) is 7.76. The summed E-state index contributed by atoms with van der Waals surface area (Å²) in [5.41, 5.74) is 0.348. The lowest BCUT2D eigenvalue weighted by Crippen LogP contribution is -2.48. The molecule has 2 aliphatic rings. The van der Waals surface area contributed by atoms with Gasteiger partial charge in [0.25, 0.3) is 5.91 Å². The van der Waals surface area contributed by atoms with Crippen molar-refractivity contribution in [1.82, 2.24) is 9.88 Å². The van der Waals surface area contributed by atoms with Gasteiger partial charge in [-0.05, 0) is 44.7 Å². The Morgan fingerprint density at radius 2 is 2.07 bits per heavy atom. The summed E-state index contributed by atoms with van der Waals surface area (Å²) in [6, 6.07) is 2.84. The number of nitrogens with zero attached hydrogens (tertiary/aromatic N) is 3. The van der Waals surface area contributed by atoms with E-state index in [1.54, 1.807) is 23.2 Å². The highest BCUT2D eigenvalue weighted by Crippen LogP contribution is 2.24. The normalized spacial score (nSPS) is 21.7. The van der Waals surface area contributed by atoms with Crippen LogP contribution in [0, 0.1) is 0 Å². The highest BCUT2D eigenvalue weighted by molar-refractivity contribution is 7.91. The molecule has 9 heteroatoms. The predicted molar refractivity (Wildman–Crippen MR) is 110 cm³/mol. The molecule has 0 N–H and O–H groups in total. The lowest BCUT2D eigenvalue weighted by molar-refractivity contribution is -0.138. The standard InChI is InChI=1S/C20H29N3O5S/c1-3-15(2)23(16-8-12-29(26,27)14-16)18(24)13-28-20(25)17-7-6-9-21-19(17)22-10-4-5-11-22/h6-7,9,15-16H,3-5,8,10-14H2,1-2H3/t15-,16+/m1/s1. The minimum absolute atomic E-state index is 0.0290. The largest absolute Gasteiger partial charge is 0.452 e. The number of amides is 1. The summed E-state index contributed by atoms with van der Waals surface area (Å²) in [5.74, 6) is -0.299. The van der Waals surface area contributed by atoms with E-state index in [9.17, 15) is 18.0 Å². The first kappa shape index (κ1) is 21.5. The molecule has 0 saturated carbocycles. The fraction of sp³-hybridized carbons (Fsp3) is 0.650. The zero-order valence-corrected chi connectivity index (χ0v) is 17.9. The molecule has 29 heavy (non-hydrogen) atoms. The van der Waals surface area contributed by atoms with Crippen LogP contribution in [0.2, 0.25) is 0 Å². The molecule has 3 rings (SSSR count). The van der Waals surface area contributed by atoms with Gasteiger partial charge in [0, 0.05) is 31.4 Å². The molecule has 0 aliphatic carbocycles. The number of anilines is 1. The van der Waals surface area contributed by atoms with E-state index in [1.807, 2.05) is 18.7 Å². The van der Waals surface area contributed by atoms with E-state index in [0.29, 0.717) is 24.2 Å². The van der Waals surface area contributed by atoms with Gasteiger partial charge in [0.1, 0.15) is 11.4 Å². The van der Waals surface area contributed by atoms with Crippen molar-refractivity contribution in [3.05, 3.63) is 23.9 Å². The van der Waals surface area contributed by atoms with Crippen LogP contribution in [0.3, 0.4) is 0 Å². The number of hydrogen-bond acceptors (Lipinski definition) is 7. The van der Waals surface area contributed by atoms with Gasteiger partial charge in [-0.25, -0.2) is 18.2 Å². The Kier molecular flexibility index (Phi) is 6.77. The summed E-state index contributed by atoms with van der Waals surface area (Å²) in [4.78, 5) is 33.5. The molecule has 1 aromatic rings. The molecule has 8 nitrogen and oxygen atoms in total. The first-order chi connectivity index (χ1) is 13.8. The van der Waals surface area contributed by atoms with Crippen LogP contribution in [0.1, 0.15) is 49.9 Å². The van der Waals surface area contributed by atoms with Crippen LogP contribution in [-0.4, -0.2) is 73.5 Å². The monoisotopic (exact) mass is 423 g/mol. The molecule has 2 aliphatic heterocycles. The van der Waals surface area contributed by atoms with Gasteiger partial charge in [0.2, 0.25) is 0 Å². The number of pyridine rings is 1. The minimum atomic E-state index is -3.12. The molecule has 0 bridgehead atoms. The Morgan fingerprint density at radius 1 is 1.34 bits per heavy atom. The Labute approximate surface area is 172 Å². The van der Waals surface area contributed by atoms with E-state index in [-0.39, 0.29) is 29.5 Å². The summed E-state index contributed by atoms with van der Waals surface area (Å²) >= 11 is 0. The number of esters is 1. The second kappa shape index (κ2) is 9.11. The molecule has 2 saturated heterocycles. The van der Waals surface area contributed by atoms with Crippen LogP contribution < -0.4 is 4.90 Å². The zero-order chi connectivity index (χ0) is 21.0. The van der Waals surface area contributed by atoms with Gasteiger partial charge in [-0.1, -0.05) is 6.92 Å². The van der Waals surface area contributed by atoms with Crippen LogP contribution in [-0.2, 0) is 19.4 Å². The molecule has 0 spiro atoms. The summed E-state index contributed by atoms with van der Waals surface area (Å²) in [6.07, 6.45) is 4.86. The van der Waals surface area contributed by atoms with Crippen LogP contribution >= 0.6 is 0 Å². The molecular formula is C20H29N3O5S. The number of aromatic nitrogens is 1. The van der Waals surface area contributed by atoms with Crippen LogP contribution in [0.25, 0.3) is 0 Å². The quantitative estimate of drug-likeness (QED) is 0.615. The fourth-order valence-electron chi connectivity index (χ4n) is 4.02. The Hall–Kier alpha value is -2.16. The average Bonchev–Trinajstić information content (AvgIpc) is 3.36. The number of ether oxygens (including phenoxy) is 1. The Bertz CT molecular complexity index is 851. The maximum Gasteiger partial charge on any atom is 0.342 e. The topological polar surface area (TPSA) is 96.9 Å². The number of hydrogen-bond donors (Lipinski definition) is 0. The summed E-state index contributed by atoms with van der Waals surface area (Å²) in [6.45, 7) is 5.10. The van der Waals surface area contributed by atoms with Crippen molar-refractivity contribution >= 4 is 27.5 Å². The van der Waals surface area contributed by atoms with Gasteiger partial charge in [-0.15, -0.1) is 0 Å². The van der Waals surface area contributed by atoms with E-state index in [1.165, 1.54) is 0 Å². The van der Waals surface area contributed by atoms with E-state index >= 15 is 0 Å². The van der Waals surface area contributed by atoms with E-state index in [4.69, 9.17) is 4.74 Å². The molecule has 0 aromatic carbocycles. The highest BCUT2D eigenvalue weighted by atomic mass is 32.2. The molecule has 1 amide bonds. The first-order valence-corrected chi connectivity index (χ1v) is 12.0. The lowest BCUT2D eigenvalue weighted by Gasteiger charge is -2.33. The molecular weight excluding hydrogens is 394 g/mol. The zero-order valence-electron chi connectivity index (χ0n) is 17.0. The Balaban J connectivity index is 1.68. The first-order valence-electron chi connectivity index (χ1n) is 10.2. The third-order valence-corrected chi connectivity index (χ3v) is 7.44. The van der Waals surface area contributed by atoms with Gasteiger partial charge in [-0.3, -0.25) is 4.79 Å². The van der Waals surface area contributed by atoms with Crippen molar-refractivity contribution in [3.63, 3.8) is 0 Å². The van der Waals surface area contributed by atoms with E-state index in [2.05, 4.69) is 4.98 Å². The maximum absolute atomic E-state index is 12.8. The number of sulfone groups is 1.